The molecule has 1 heterocycles. The molecule has 1 aliphatic heterocycles. The average Bonchev–Trinajstić information content (AvgIpc) is 2.38. The van der Waals surface area contributed by atoms with Crippen molar-refractivity contribution in [2.75, 3.05) is 20.3 Å². The molecule has 0 aliphatic carbocycles. The number of rotatable bonds is 3. The summed E-state index contributed by atoms with van der Waals surface area (Å²) < 4.78 is 16.9. The van der Waals surface area contributed by atoms with Gasteiger partial charge in [-0.2, -0.15) is 0 Å². The van der Waals surface area contributed by atoms with Gasteiger partial charge in [-0.15, -0.1) is 0 Å². The van der Waals surface area contributed by atoms with Gasteiger partial charge in [-0.1, -0.05) is 20.4 Å². The van der Waals surface area contributed by atoms with Crippen LogP contribution in [0.2, 0.25) is 0 Å². The molecule has 0 atom stereocenters. The van der Waals surface area contributed by atoms with E-state index in [1.54, 1.807) is 7.11 Å². The molecule has 0 bridgehead atoms. The van der Waals surface area contributed by atoms with Gasteiger partial charge < -0.3 is 19.8 Å². The van der Waals surface area contributed by atoms with Gasteiger partial charge in [0.05, 0.1) is 7.11 Å². The van der Waals surface area contributed by atoms with E-state index in [9.17, 15) is 0 Å². The summed E-state index contributed by atoms with van der Waals surface area (Å²) in [6.45, 7) is 9.26. The van der Waals surface area contributed by atoms with Crippen molar-refractivity contribution in [3.63, 3.8) is 0 Å². The van der Waals surface area contributed by atoms with Gasteiger partial charge in [0, 0.05) is 29.8 Å². The Labute approximate surface area is 114 Å². The minimum absolute atomic E-state index is 0.0405. The first kappa shape index (κ1) is 14.0. The third kappa shape index (κ3) is 3.11. The Bertz CT molecular complexity index is 478. The monoisotopic (exact) mass is 261 g/mol. The van der Waals surface area contributed by atoms with E-state index in [-0.39, 0.29) is 5.41 Å². The molecule has 0 aromatic heterocycles. The molecule has 1 aromatic rings. The largest absolute Gasteiger partial charge is 0.497 e. The highest BCUT2D eigenvalue weighted by Crippen LogP contribution is 2.23. The fraction of sp³-hybridized carbons (Fsp3) is 0.429. The van der Waals surface area contributed by atoms with E-state index in [1.807, 2.05) is 18.2 Å². The Hall–Kier alpha value is -1.46. The summed E-state index contributed by atoms with van der Waals surface area (Å²) in [5.41, 5.74) is 7.99. The number of hydrogen-bond acceptors (Lipinski definition) is 4. The van der Waals surface area contributed by atoms with Crippen LogP contribution in [0.15, 0.2) is 24.8 Å². The third-order valence-electron chi connectivity index (χ3n) is 3.11. The normalized spacial score (nSPS) is 18.2. The van der Waals surface area contributed by atoms with Gasteiger partial charge in [0.1, 0.15) is 5.75 Å². The van der Waals surface area contributed by atoms with Gasteiger partial charge in [-0.05, 0) is 23.8 Å². The SMILES string of the molecule is C=C(N)c1ccc(OC)c(B2OCC(C)(C)CO2)c1. The number of hydrogen-bond donors (Lipinski definition) is 1. The van der Waals surface area contributed by atoms with Gasteiger partial charge >= 0.3 is 7.12 Å². The van der Waals surface area contributed by atoms with Crippen molar-refractivity contribution in [2.45, 2.75) is 13.8 Å². The Morgan fingerprint density at radius 1 is 1.37 bits per heavy atom. The summed E-state index contributed by atoms with van der Waals surface area (Å²) in [7, 11) is 1.21. The van der Waals surface area contributed by atoms with E-state index >= 15 is 0 Å². The van der Waals surface area contributed by atoms with Gasteiger partial charge in [0.25, 0.3) is 0 Å². The molecule has 2 rings (SSSR count). The highest BCUT2D eigenvalue weighted by Gasteiger charge is 2.35. The lowest BCUT2D eigenvalue weighted by atomic mass is 9.74. The van der Waals surface area contributed by atoms with Crippen LogP contribution in [0, 0.1) is 5.41 Å². The summed E-state index contributed by atoms with van der Waals surface area (Å²) in [4.78, 5) is 0. The molecule has 4 nitrogen and oxygen atoms in total. The summed E-state index contributed by atoms with van der Waals surface area (Å²) in [5, 5.41) is 0. The number of methoxy groups -OCH3 is 1. The topological polar surface area (TPSA) is 53.7 Å². The third-order valence-corrected chi connectivity index (χ3v) is 3.11. The molecule has 5 heteroatoms. The maximum atomic E-state index is 5.78. The van der Waals surface area contributed by atoms with Crippen molar-refractivity contribution < 1.29 is 14.0 Å². The first-order chi connectivity index (χ1) is 8.93. The van der Waals surface area contributed by atoms with Gasteiger partial charge in [-0.25, -0.2) is 0 Å². The predicted molar refractivity (Wildman–Crippen MR) is 77.3 cm³/mol. The predicted octanol–water partition coefficient (Wildman–Crippen LogP) is 1.39. The fourth-order valence-corrected chi connectivity index (χ4v) is 1.99. The van der Waals surface area contributed by atoms with Crippen molar-refractivity contribution in [1.29, 1.82) is 0 Å². The van der Waals surface area contributed by atoms with Crippen molar-refractivity contribution in [3.05, 3.63) is 30.3 Å². The minimum atomic E-state index is -0.415. The van der Waals surface area contributed by atoms with Crippen LogP contribution in [-0.4, -0.2) is 27.4 Å². The number of benzene rings is 1. The van der Waals surface area contributed by atoms with Crippen molar-refractivity contribution >= 4 is 18.3 Å². The fourth-order valence-electron chi connectivity index (χ4n) is 1.99. The zero-order chi connectivity index (χ0) is 14.0. The number of ether oxygens (including phenoxy) is 1. The molecule has 102 valence electrons. The Balaban J connectivity index is 2.27. The molecular weight excluding hydrogens is 241 g/mol. The maximum absolute atomic E-state index is 5.78. The molecular formula is C14H20BNO3. The molecule has 1 aromatic carbocycles. The summed E-state index contributed by atoms with van der Waals surface area (Å²) in [6, 6.07) is 5.64. The highest BCUT2D eigenvalue weighted by atomic mass is 16.6. The second-order valence-corrected chi connectivity index (χ2v) is 5.60. The van der Waals surface area contributed by atoms with E-state index in [1.165, 1.54) is 0 Å². The molecule has 0 saturated carbocycles. The van der Waals surface area contributed by atoms with Crippen LogP contribution >= 0.6 is 0 Å². The van der Waals surface area contributed by atoms with Crippen LogP contribution in [0.5, 0.6) is 5.75 Å². The molecule has 0 radical (unpaired) electrons. The molecule has 1 aliphatic rings. The Morgan fingerprint density at radius 2 is 2.00 bits per heavy atom. The van der Waals surface area contributed by atoms with E-state index < -0.39 is 7.12 Å². The lowest BCUT2D eigenvalue weighted by Gasteiger charge is -2.33. The zero-order valence-corrected chi connectivity index (χ0v) is 11.7. The van der Waals surface area contributed by atoms with E-state index in [4.69, 9.17) is 19.8 Å². The molecule has 0 unspecified atom stereocenters. The summed E-state index contributed by atoms with van der Waals surface area (Å²) in [5.74, 6) is 0.731. The zero-order valence-electron chi connectivity index (χ0n) is 11.7. The average molecular weight is 261 g/mol. The maximum Gasteiger partial charge on any atom is 0.497 e. The van der Waals surface area contributed by atoms with Gasteiger partial charge in [0.2, 0.25) is 0 Å². The molecule has 0 amide bonds. The van der Waals surface area contributed by atoms with Crippen LogP contribution in [0.25, 0.3) is 5.70 Å². The molecule has 0 spiro atoms. The molecule has 1 saturated heterocycles. The standard InChI is InChI=1S/C14H20BNO3/c1-10(16)11-5-6-13(17-4)12(7-11)15-18-8-14(2,3)9-19-15/h5-7H,1,8-9,16H2,2-4H3. The van der Waals surface area contributed by atoms with Crippen molar-refractivity contribution in [3.8, 4) is 5.75 Å². The highest BCUT2D eigenvalue weighted by molar-refractivity contribution is 6.62. The van der Waals surface area contributed by atoms with Gasteiger partial charge in [-0.3, -0.25) is 0 Å². The molecule has 2 N–H and O–H groups in total. The van der Waals surface area contributed by atoms with E-state index in [0.717, 1.165) is 16.8 Å². The van der Waals surface area contributed by atoms with E-state index in [2.05, 4.69) is 20.4 Å². The van der Waals surface area contributed by atoms with Crippen LogP contribution in [0.1, 0.15) is 19.4 Å². The van der Waals surface area contributed by atoms with Crippen LogP contribution in [-0.2, 0) is 9.31 Å². The lowest BCUT2D eigenvalue weighted by Crippen LogP contribution is -2.47. The first-order valence-corrected chi connectivity index (χ1v) is 6.29. The number of nitrogens with two attached hydrogens (primary N) is 1. The van der Waals surface area contributed by atoms with Crippen LogP contribution in [0.4, 0.5) is 0 Å². The van der Waals surface area contributed by atoms with Crippen molar-refractivity contribution in [1.82, 2.24) is 0 Å². The summed E-state index contributed by atoms with van der Waals surface area (Å²) in [6.07, 6.45) is 0. The first-order valence-electron chi connectivity index (χ1n) is 6.29. The molecule has 19 heavy (non-hydrogen) atoms. The second-order valence-electron chi connectivity index (χ2n) is 5.60. The lowest BCUT2D eigenvalue weighted by molar-refractivity contribution is 0.0341. The Kier molecular flexibility index (Phi) is 3.87. The smallest absolute Gasteiger partial charge is 0.497 e. The summed E-state index contributed by atoms with van der Waals surface area (Å²) >= 11 is 0. The minimum Gasteiger partial charge on any atom is -0.497 e. The van der Waals surface area contributed by atoms with Crippen molar-refractivity contribution in [2.24, 2.45) is 11.1 Å². The Morgan fingerprint density at radius 3 is 2.53 bits per heavy atom. The molecule has 1 fully saturated rings. The van der Waals surface area contributed by atoms with Gasteiger partial charge in [0.15, 0.2) is 0 Å². The van der Waals surface area contributed by atoms with Crippen LogP contribution in [0.3, 0.4) is 0 Å². The second kappa shape index (κ2) is 5.27. The van der Waals surface area contributed by atoms with E-state index in [0.29, 0.717) is 18.9 Å². The quantitative estimate of drug-likeness (QED) is 0.835. The van der Waals surface area contributed by atoms with Crippen LogP contribution < -0.4 is 15.9 Å².